The van der Waals surface area contributed by atoms with E-state index in [9.17, 15) is 18.0 Å². The largest absolute Gasteiger partial charge is 0.322 e. The zero-order chi connectivity index (χ0) is 22.7. The van der Waals surface area contributed by atoms with E-state index in [-0.39, 0.29) is 22.1 Å². The van der Waals surface area contributed by atoms with E-state index in [1.165, 1.54) is 36.4 Å². The second-order valence-electron chi connectivity index (χ2n) is 7.25. The maximum absolute atomic E-state index is 12.9. The van der Waals surface area contributed by atoms with Crippen LogP contribution in [0.25, 0.3) is 0 Å². The van der Waals surface area contributed by atoms with Crippen LogP contribution >= 0.6 is 11.6 Å². The van der Waals surface area contributed by atoms with Crippen LogP contribution in [0, 0.1) is 0 Å². The molecule has 0 aliphatic carbocycles. The first-order chi connectivity index (χ1) is 15.3. The summed E-state index contributed by atoms with van der Waals surface area (Å²) in [6.07, 6.45) is 1.38. The topological polar surface area (TPSA) is 95.6 Å². The molecule has 164 valence electrons. The van der Waals surface area contributed by atoms with Crippen LogP contribution in [-0.2, 0) is 14.8 Å². The van der Waals surface area contributed by atoms with Crippen molar-refractivity contribution in [1.29, 1.82) is 0 Å². The molecule has 3 aromatic rings. The first-order valence-corrected chi connectivity index (χ1v) is 11.8. The molecule has 0 radical (unpaired) electrons. The van der Waals surface area contributed by atoms with Gasteiger partial charge in [0, 0.05) is 29.4 Å². The lowest BCUT2D eigenvalue weighted by molar-refractivity contribution is -0.117. The zero-order valence-corrected chi connectivity index (χ0v) is 18.5. The van der Waals surface area contributed by atoms with Crippen LogP contribution in [0.1, 0.15) is 23.2 Å². The van der Waals surface area contributed by atoms with Crippen LogP contribution < -0.4 is 14.9 Å². The molecule has 0 aromatic heterocycles. The Morgan fingerprint density at radius 3 is 2.28 bits per heavy atom. The van der Waals surface area contributed by atoms with Crippen molar-refractivity contribution in [1.82, 2.24) is 0 Å². The smallest absolute Gasteiger partial charge is 0.261 e. The first kappa shape index (κ1) is 21.9. The molecule has 7 nitrogen and oxygen atoms in total. The second kappa shape index (κ2) is 9.02. The fourth-order valence-electron chi connectivity index (χ4n) is 3.43. The minimum atomic E-state index is -3.91. The molecule has 0 bridgehead atoms. The highest BCUT2D eigenvalue weighted by Crippen LogP contribution is 2.25. The van der Waals surface area contributed by atoms with Gasteiger partial charge in [0.05, 0.1) is 16.1 Å². The van der Waals surface area contributed by atoms with Gasteiger partial charge in [0.25, 0.3) is 15.9 Å². The van der Waals surface area contributed by atoms with Crippen LogP contribution in [0.5, 0.6) is 0 Å². The number of hydrogen-bond donors (Lipinski definition) is 2. The van der Waals surface area contributed by atoms with E-state index >= 15 is 0 Å². The molecule has 9 heteroatoms. The van der Waals surface area contributed by atoms with Gasteiger partial charge in [-0.15, -0.1) is 0 Å². The molecule has 1 fully saturated rings. The van der Waals surface area contributed by atoms with Gasteiger partial charge < -0.3 is 10.2 Å². The van der Waals surface area contributed by atoms with Gasteiger partial charge in [0.2, 0.25) is 5.91 Å². The summed E-state index contributed by atoms with van der Waals surface area (Å²) in [4.78, 5) is 26.5. The molecule has 4 rings (SSSR count). The van der Waals surface area contributed by atoms with Gasteiger partial charge in [-0.1, -0.05) is 23.7 Å². The fraction of sp³-hybridized carbons (Fsp3) is 0.130. The lowest BCUT2D eigenvalue weighted by Crippen LogP contribution is -2.23. The Hall–Kier alpha value is -3.36. The monoisotopic (exact) mass is 469 g/mol. The zero-order valence-electron chi connectivity index (χ0n) is 16.9. The average Bonchev–Trinajstić information content (AvgIpc) is 3.20. The molecule has 0 atom stereocenters. The number of sulfonamides is 1. The molecule has 1 heterocycles. The van der Waals surface area contributed by atoms with Crippen molar-refractivity contribution in [2.24, 2.45) is 0 Å². The number of carbonyl (C=O) groups excluding carboxylic acids is 2. The number of benzene rings is 3. The number of nitrogens with zero attached hydrogens (tertiary/aromatic N) is 1. The van der Waals surface area contributed by atoms with E-state index in [0.29, 0.717) is 23.7 Å². The molecule has 32 heavy (non-hydrogen) atoms. The molecule has 0 unspecified atom stereocenters. The van der Waals surface area contributed by atoms with E-state index in [1.807, 2.05) is 0 Å². The van der Waals surface area contributed by atoms with Crippen LogP contribution in [-0.4, -0.2) is 26.8 Å². The highest BCUT2D eigenvalue weighted by atomic mass is 35.5. The Morgan fingerprint density at radius 2 is 1.62 bits per heavy atom. The Morgan fingerprint density at radius 1 is 0.938 bits per heavy atom. The number of anilines is 3. The number of amides is 2. The van der Waals surface area contributed by atoms with Crippen molar-refractivity contribution >= 4 is 50.5 Å². The van der Waals surface area contributed by atoms with Crippen molar-refractivity contribution in [3.8, 4) is 0 Å². The third kappa shape index (κ3) is 4.76. The molecular formula is C23H20ClN3O4S. The summed E-state index contributed by atoms with van der Waals surface area (Å²) in [6.45, 7) is 0.686. The lowest BCUT2D eigenvalue weighted by atomic mass is 10.1. The first-order valence-electron chi connectivity index (χ1n) is 9.93. The van der Waals surface area contributed by atoms with E-state index in [1.54, 1.807) is 41.3 Å². The number of carbonyl (C=O) groups is 2. The van der Waals surface area contributed by atoms with Crippen LogP contribution in [0.2, 0.25) is 5.02 Å². The number of hydrogen-bond acceptors (Lipinski definition) is 4. The van der Waals surface area contributed by atoms with E-state index in [2.05, 4.69) is 10.0 Å². The third-order valence-electron chi connectivity index (χ3n) is 5.05. The molecule has 1 aliphatic heterocycles. The Kier molecular flexibility index (Phi) is 6.16. The molecule has 0 spiro atoms. The minimum Gasteiger partial charge on any atom is -0.322 e. The SMILES string of the molecule is O=C(Nc1ccc(N2CCCC2=O)cc1)c1ccccc1NS(=O)(=O)c1ccc(Cl)cc1. The summed E-state index contributed by atoms with van der Waals surface area (Å²) in [5.41, 5.74) is 1.63. The normalized spacial score (nSPS) is 13.8. The second-order valence-corrected chi connectivity index (χ2v) is 9.37. The minimum absolute atomic E-state index is 0.0316. The highest BCUT2D eigenvalue weighted by molar-refractivity contribution is 7.92. The van der Waals surface area contributed by atoms with Gasteiger partial charge in [-0.05, 0) is 67.1 Å². The quantitative estimate of drug-likeness (QED) is 0.554. The summed E-state index contributed by atoms with van der Waals surface area (Å²) in [5.74, 6) is -0.381. The third-order valence-corrected chi connectivity index (χ3v) is 6.68. The Labute approximate surface area is 191 Å². The predicted octanol–water partition coefficient (Wildman–Crippen LogP) is 4.52. The number of halogens is 1. The summed E-state index contributed by atoms with van der Waals surface area (Å²) in [7, 11) is -3.91. The summed E-state index contributed by atoms with van der Waals surface area (Å²) < 4.78 is 27.9. The number of nitrogens with one attached hydrogen (secondary N) is 2. The van der Waals surface area contributed by atoms with Crippen LogP contribution in [0.3, 0.4) is 0 Å². The van der Waals surface area contributed by atoms with E-state index in [0.717, 1.165) is 12.1 Å². The molecule has 0 saturated carbocycles. The van der Waals surface area contributed by atoms with Gasteiger partial charge in [0.15, 0.2) is 0 Å². The molecular weight excluding hydrogens is 450 g/mol. The van der Waals surface area contributed by atoms with Gasteiger partial charge in [-0.25, -0.2) is 8.42 Å². The maximum atomic E-state index is 12.9. The summed E-state index contributed by atoms with van der Waals surface area (Å²) in [6, 6.07) is 19.0. The van der Waals surface area contributed by atoms with Crippen LogP contribution in [0.15, 0.2) is 77.7 Å². The van der Waals surface area contributed by atoms with Crippen molar-refractivity contribution in [3.05, 3.63) is 83.4 Å². The van der Waals surface area contributed by atoms with Crippen molar-refractivity contribution < 1.29 is 18.0 Å². The standard InChI is InChI=1S/C23H20ClN3O4S/c24-16-7-13-19(14-8-16)32(30,31)26-21-5-2-1-4-20(21)23(29)25-17-9-11-18(12-10-17)27-15-3-6-22(27)28/h1-2,4-5,7-14,26H,3,6,15H2,(H,25,29). The van der Waals surface area contributed by atoms with Gasteiger partial charge in [0.1, 0.15) is 0 Å². The van der Waals surface area contributed by atoms with Crippen molar-refractivity contribution in [3.63, 3.8) is 0 Å². The molecule has 1 aliphatic rings. The Balaban J connectivity index is 1.51. The highest BCUT2D eigenvalue weighted by Gasteiger charge is 2.22. The van der Waals surface area contributed by atoms with Crippen molar-refractivity contribution in [2.45, 2.75) is 17.7 Å². The number of para-hydroxylation sites is 1. The van der Waals surface area contributed by atoms with E-state index < -0.39 is 15.9 Å². The van der Waals surface area contributed by atoms with Crippen LogP contribution in [0.4, 0.5) is 17.1 Å². The molecule has 2 amide bonds. The predicted molar refractivity (Wildman–Crippen MR) is 125 cm³/mol. The summed E-state index contributed by atoms with van der Waals surface area (Å²) >= 11 is 5.83. The maximum Gasteiger partial charge on any atom is 0.261 e. The fourth-order valence-corrected chi connectivity index (χ4v) is 4.64. The van der Waals surface area contributed by atoms with Crippen molar-refractivity contribution in [2.75, 3.05) is 21.5 Å². The molecule has 2 N–H and O–H groups in total. The van der Waals surface area contributed by atoms with E-state index in [4.69, 9.17) is 11.6 Å². The Bertz CT molecular complexity index is 1260. The van der Waals surface area contributed by atoms with Gasteiger partial charge in [-0.2, -0.15) is 0 Å². The summed E-state index contributed by atoms with van der Waals surface area (Å²) in [5, 5.41) is 3.19. The number of rotatable bonds is 6. The van der Waals surface area contributed by atoms with Gasteiger partial charge >= 0.3 is 0 Å². The molecule has 3 aromatic carbocycles. The molecule has 1 saturated heterocycles. The van der Waals surface area contributed by atoms with Gasteiger partial charge in [-0.3, -0.25) is 14.3 Å². The average molecular weight is 470 g/mol. The lowest BCUT2D eigenvalue weighted by Gasteiger charge is -2.16.